The van der Waals surface area contributed by atoms with E-state index >= 15 is 0 Å². The SMILES string of the molecule is CCn1ncc(Br)c1C(=O)CC(C)(C)OC. The van der Waals surface area contributed by atoms with Crippen molar-refractivity contribution >= 4 is 21.7 Å². The molecule has 0 fully saturated rings. The predicted molar refractivity (Wildman–Crippen MR) is 65.6 cm³/mol. The Morgan fingerprint density at radius 3 is 2.75 bits per heavy atom. The van der Waals surface area contributed by atoms with Crippen LogP contribution in [0.5, 0.6) is 0 Å². The number of ether oxygens (including phenoxy) is 1. The minimum Gasteiger partial charge on any atom is -0.378 e. The second kappa shape index (κ2) is 5.10. The standard InChI is InChI=1S/C11H17BrN2O2/c1-5-14-10(8(12)7-13-14)9(15)6-11(2,3)16-4/h7H,5-6H2,1-4H3. The van der Waals surface area contributed by atoms with E-state index in [1.54, 1.807) is 18.0 Å². The number of hydrogen-bond donors (Lipinski definition) is 0. The van der Waals surface area contributed by atoms with Crippen LogP contribution in [0.4, 0.5) is 0 Å². The molecular weight excluding hydrogens is 272 g/mol. The van der Waals surface area contributed by atoms with Gasteiger partial charge in [0.2, 0.25) is 0 Å². The van der Waals surface area contributed by atoms with Gasteiger partial charge >= 0.3 is 0 Å². The zero-order chi connectivity index (χ0) is 12.3. The van der Waals surface area contributed by atoms with Crippen molar-refractivity contribution in [1.29, 1.82) is 0 Å². The largest absolute Gasteiger partial charge is 0.378 e. The molecule has 0 aliphatic heterocycles. The van der Waals surface area contributed by atoms with Gasteiger partial charge < -0.3 is 4.74 Å². The number of methoxy groups -OCH3 is 1. The van der Waals surface area contributed by atoms with Crippen molar-refractivity contribution in [3.05, 3.63) is 16.4 Å². The molecule has 0 bridgehead atoms. The molecule has 5 heteroatoms. The number of ketones is 1. The van der Waals surface area contributed by atoms with Gasteiger partial charge in [0.15, 0.2) is 5.78 Å². The molecule has 0 N–H and O–H groups in total. The number of Topliss-reactive ketones (excluding diaryl/α,β-unsaturated/α-hetero) is 1. The topological polar surface area (TPSA) is 44.1 Å². The average Bonchev–Trinajstić information content (AvgIpc) is 2.59. The number of aryl methyl sites for hydroxylation is 1. The quantitative estimate of drug-likeness (QED) is 0.783. The molecule has 1 rings (SSSR count). The van der Waals surface area contributed by atoms with Crippen LogP contribution in [0.15, 0.2) is 10.7 Å². The number of nitrogens with zero attached hydrogens (tertiary/aromatic N) is 2. The fourth-order valence-electron chi connectivity index (χ4n) is 1.42. The van der Waals surface area contributed by atoms with Crippen LogP contribution in [0.3, 0.4) is 0 Å². The van der Waals surface area contributed by atoms with Crippen molar-refractivity contribution in [3.63, 3.8) is 0 Å². The summed E-state index contributed by atoms with van der Waals surface area (Å²) in [6, 6.07) is 0. The lowest BCUT2D eigenvalue weighted by Gasteiger charge is -2.21. The van der Waals surface area contributed by atoms with Crippen molar-refractivity contribution < 1.29 is 9.53 Å². The third-order valence-corrected chi connectivity index (χ3v) is 3.08. The number of carbonyl (C=O) groups is 1. The molecule has 0 unspecified atom stereocenters. The summed E-state index contributed by atoms with van der Waals surface area (Å²) in [7, 11) is 1.61. The summed E-state index contributed by atoms with van der Waals surface area (Å²) in [5.41, 5.74) is 0.173. The second-order valence-corrected chi connectivity index (χ2v) is 5.07. The molecule has 0 aliphatic rings. The zero-order valence-corrected chi connectivity index (χ0v) is 11.7. The van der Waals surface area contributed by atoms with E-state index in [2.05, 4.69) is 21.0 Å². The summed E-state index contributed by atoms with van der Waals surface area (Å²) in [6.07, 6.45) is 1.99. The lowest BCUT2D eigenvalue weighted by molar-refractivity contribution is 0.0169. The average molecular weight is 289 g/mol. The fourth-order valence-corrected chi connectivity index (χ4v) is 1.94. The van der Waals surface area contributed by atoms with Crippen LogP contribution in [-0.2, 0) is 11.3 Å². The first-order chi connectivity index (χ1) is 7.41. The van der Waals surface area contributed by atoms with Crippen LogP contribution in [0, 0.1) is 0 Å². The highest BCUT2D eigenvalue weighted by Gasteiger charge is 2.25. The summed E-state index contributed by atoms with van der Waals surface area (Å²) in [4.78, 5) is 12.1. The Labute approximate surface area is 104 Å². The van der Waals surface area contributed by atoms with Crippen molar-refractivity contribution in [2.45, 2.75) is 39.3 Å². The molecule has 1 heterocycles. The van der Waals surface area contributed by atoms with Crippen molar-refractivity contribution in [3.8, 4) is 0 Å². The zero-order valence-electron chi connectivity index (χ0n) is 10.1. The van der Waals surface area contributed by atoms with Gasteiger partial charge in [-0.05, 0) is 36.7 Å². The molecule has 0 saturated heterocycles. The Balaban J connectivity index is 2.92. The van der Waals surface area contributed by atoms with Crippen LogP contribution in [0.25, 0.3) is 0 Å². The van der Waals surface area contributed by atoms with Gasteiger partial charge in [0, 0.05) is 20.1 Å². The number of rotatable bonds is 5. The Morgan fingerprint density at radius 1 is 1.62 bits per heavy atom. The Kier molecular flexibility index (Phi) is 4.27. The maximum absolute atomic E-state index is 12.1. The van der Waals surface area contributed by atoms with Crippen LogP contribution in [0.2, 0.25) is 0 Å². The number of aromatic nitrogens is 2. The molecule has 0 amide bonds. The minimum absolute atomic E-state index is 0.0399. The van der Waals surface area contributed by atoms with E-state index in [0.717, 1.165) is 4.47 Å². The lowest BCUT2D eigenvalue weighted by atomic mass is 10.00. The molecule has 0 aromatic carbocycles. The molecule has 0 aliphatic carbocycles. The molecule has 0 radical (unpaired) electrons. The van der Waals surface area contributed by atoms with Crippen LogP contribution >= 0.6 is 15.9 Å². The second-order valence-electron chi connectivity index (χ2n) is 4.22. The predicted octanol–water partition coefficient (Wildman–Crippen LogP) is 2.66. The third-order valence-electron chi connectivity index (χ3n) is 2.50. The monoisotopic (exact) mass is 288 g/mol. The van der Waals surface area contributed by atoms with Gasteiger partial charge in [0.1, 0.15) is 5.69 Å². The maximum atomic E-state index is 12.1. The van der Waals surface area contributed by atoms with Gasteiger partial charge in [0.25, 0.3) is 0 Å². The van der Waals surface area contributed by atoms with Gasteiger partial charge in [-0.3, -0.25) is 9.48 Å². The van der Waals surface area contributed by atoms with Crippen molar-refractivity contribution in [2.75, 3.05) is 7.11 Å². The highest BCUT2D eigenvalue weighted by molar-refractivity contribution is 9.10. The first-order valence-corrected chi connectivity index (χ1v) is 6.00. The van der Waals surface area contributed by atoms with E-state index in [0.29, 0.717) is 18.7 Å². The van der Waals surface area contributed by atoms with Crippen molar-refractivity contribution in [2.24, 2.45) is 0 Å². The first-order valence-electron chi connectivity index (χ1n) is 5.21. The lowest BCUT2D eigenvalue weighted by Crippen LogP contribution is -2.27. The van der Waals surface area contributed by atoms with Crippen LogP contribution in [-0.4, -0.2) is 28.3 Å². The molecule has 90 valence electrons. The van der Waals surface area contributed by atoms with Gasteiger partial charge in [-0.15, -0.1) is 0 Å². The highest BCUT2D eigenvalue weighted by Crippen LogP contribution is 2.22. The molecule has 1 aromatic heterocycles. The number of hydrogen-bond acceptors (Lipinski definition) is 3. The maximum Gasteiger partial charge on any atom is 0.184 e. The molecule has 0 atom stereocenters. The first kappa shape index (κ1) is 13.4. The summed E-state index contributed by atoms with van der Waals surface area (Å²) in [5, 5.41) is 4.12. The van der Waals surface area contributed by atoms with Gasteiger partial charge in [-0.1, -0.05) is 0 Å². The fraction of sp³-hybridized carbons (Fsp3) is 0.636. The number of halogens is 1. The summed E-state index contributed by atoms with van der Waals surface area (Å²) in [6.45, 7) is 6.43. The molecule has 1 aromatic rings. The summed E-state index contributed by atoms with van der Waals surface area (Å²) >= 11 is 3.34. The van der Waals surface area contributed by atoms with E-state index in [1.807, 2.05) is 20.8 Å². The third kappa shape index (κ3) is 2.92. The number of carbonyl (C=O) groups excluding carboxylic acids is 1. The molecule has 0 saturated carbocycles. The Morgan fingerprint density at radius 2 is 2.25 bits per heavy atom. The normalized spacial score (nSPS) is 11.8. The van der Waals surface area contributed by atoms with Crippen LogP contribution in [0.1, 0.15) is 37.7 Å². The summed E-state index contributed by atoms with van der Waals surface area (Å²) < 4.78 is 7.69. The molecule has 0 spiro atoms. The van der Waals surface area contributed by atoms with E-state index < -0.39 is 5.60 Å². The van der Waals surface area contributed by atoms with Gasteiger partial charge in [-0.2, -0.15) is 5.10 Å². The van der Waals surface area contributed by atoms with E-state index in [-0.39, 0.29) is 5.78 Å². The molecule has 16 heavy (non-hydrogen) atoms. The highest BCUT2D eigenvalue weighted by atomic mass is 79.9. The van der Waals surface area contributed by atoms with Crippen LogP contribution < -0.4 is 0 Å². The summed E-state index contributed by atoms with van der Waals surface area (Å²) in [5.74, 6) is 0.0399. The Bertz CT molecular complexity index is 385. The van der Waals surface area contributed by atoms with Crippen molar-refractivity contribution in [1.82, 2.24) is 9.78 Å². The van der Waals surface area contributed by atoms with E-state index in [9.17, 15) is 4.79 Å². The van der Waals surface area contributed by atoms with E-state index in [1.165, 1.54) is 0 Å². The minimum atomic E-state index is -0.445. The van der Waals surface area contributed by atoms with E-state index in [4.69, 9.17) is 4.74 Å². The van der Waals surface area contributed by atoms with Gasteiger partial charge in [0.05, 0.1) is 16.3 Å². The van der Waals surface area contributed by atoms with Gasteiger partial charge in [-0.25, -0.2) is 0 Å². The molecular formula is C11H17BrN2O2. The Hall–Kier alpha value is -0.680. The smallest absolute Gasteiger partial charge is 0.184 e. The molecule has 4 nitrogen and oxygen atoms in total.